The van der Waals surface area contributed by atoms with E-state index in [9.17, 15) is 27.6 Å². The van der Waals surface area contributed by atoms with E-state index in [2.05, 4.69) is 4.98 Å². The third kappa shape index (κ3) is 4.78. The van der Waals surface area contributed by atoms with Crippen molar-refractivity contribution in [2.45, 2.75) is 12.6 Å². The molecule has 5 rings (SSSR count). The summed E-state index contributed by atoms with van der Waals surface area (Å²) in [4.78, 5) is 47.3. The number of fused-ring (bicyclic) bond motifs is 1. The monoisotopic (exact) mass is 508 g/mol. The number of aromatic nitrogens is 1. The molecule has 0 aliphatic carbocycles. The van der Waals surface area contributed by atoms with Crippen molar-refractivity contribution in [3.8, 4) is 0 Å². The van der Waals surface area contributed by atoms with Crippen LogP contribution < -0.4 is 4.90 Å². The Hall–Kier alpha value is -4.21. The molecular weight excluding hydrogens is 485 g/mol. The van der Waals surface area contributed by atoms with Crippen molar-refractivity contribution >= 4 is 23.4 Å². The molecule has 0 radical (unpaired) electrons. The highest BCUT2D eigenvalue weighted by Crippen LogP contribution is 2.33. The maximum Gasteiger partial charge on any atom is 0.417 e. The Morgan fingerprint density at radius 3 is 2.27 bits per heavy atom. The van der Waals surface area contributed by atoms with Gasteiger partial charge in [-0.25, -0.2) is 4.98 Å². The number of benzene rings is 2. The van der Waals surface area contributed by atoms with Crippen LogP contribution in [0.1, 0.15) is 42.3 Å². The van der Waals surface area contributed by atoms with E-state index in [0.29, 0.717) is 25.2 Å². The first-order valence-electron chi connectivity index (χ1n) is 11.8. The van der Waals surface area contributed by atoms with Crippen LogP contribution in [0.15, 0.2) is 66.9 Å². The molecule has 0 spiro atoms. The Labute approximate surface area is 211 Å². The number of nitrogens with zero attached hydrogens (tertiary/aromatic N) is 4. The predicted octanol–water partition coefficient (Wildman–Crippen LogP) is 3.90. The Morgan fingerprint density at radius 2 is 1.57 bits per heavy atom. The lowest BCUT2D eigenvalue weighted by Gasteiger charge is -2.36. The number of carbonyl (C=O) groups excluding carboxylic acids is 3. The molecule has 0 unspecified atom stereocenters. The third-order valence-electron chi connectivity index (χ3n) is 6.66. The molecule has 7 nitrogen and oxygen atoms in total. The second-order valence-electron chi connectivity index (χ2n) is 8.91. The van der Waals surface area contributed by atoms with Crippen molar-refractivity contribution in [3.63, 3.8) is 0 Å². The minimum atomic E-state index is -4.62. The number of rotatable bonds is 5. The van der Waals surface area contributed by atoms with Gasteiger partial charge in [-0.15, -0.1) is 0 Å². The van der Waals surface area contributed by atoms with E-state index >= 15 is 0 Å². The minimum Gasteiger partial charge on any atom is -0.367 e. The Kier molecular flexibility index (Phi) is 6.41. The summed E-state index contributed by atoms with van der Waals surface area (Å²) in [5.74, 6) is -1.50. The lowest BCUT2D eigenvalue weighted by Crippen LogP contribution is -2.49. The van der Waals surface area contributed by atoms with Crippen LogP contribution >= 0.6 is 0 Å². The van der Waals surface area contributed by atoms with Crippen LogP contribution in [0, 0.1) is 0 Å². The van der Waals surface area contributed by atoms with Crippen LogP contribution in [-0.4, -0.2) is 65.2 Å². The summed E-state index contributed by atoms with van der Waals surface area (Å²) >= 11 is 0. The molecule has 2 aromatic carbocycles. The highest BCUT2D eigenvalue weighted by molar-refractivity contribution is 6.20. The topological polar surface area (TPSA) is 73.8 Å². The number of halogens is 3. The second kappa shape index (κ2) is 9.68. The van der Waals surface area contributed by atoms with Gasteiger partial charge in [0.2, 0.25) is 0 Å². The highest BCUT2D eigenvalue weighted by atomic mass is 19.4. The average molecular weight is 509 g/mol. The molecule has 1 saturated heterocycles. The molecule has 37 heavy (non-hydrogen) atoms. The molecule has 3 aromatic rings. The normalized spacial score (nSPS) is 15.8. The van der Waals surface area contributed by atoms with Crippen LogP contribution in [0.4, 0.5) is 18.9 Å². The SMILES string of the molecule is O=C(c1ccccc1C(F)(F)F)N1CCN(c2cnc3c(c2)C(=O)N(CCc2ccccc2)C3=O)CC1. The van der Waals surface area contributed by atoms with Gasteiger partial charge in [-0.3, -0.25) is 19.3 Å². The molecule has 0 atom stereocenters. The number of anilines is 1. The summed E-state index contributed by atoms with van der Waals surface area (Å²) in [7, 11) is 0. The first-order valence-corrected chi connectivity index (χ1v) is 11.8. The third-order valence-corrected chi connectivity index (χ3v) is 6.66. The molecule has 0 bridgehead atoms. The molecule has 3 amide bonds. The minimum absolute atomic E-state index is 0.111. The van der Waals surface area contributed by atoms with E-state index in [1.165, 1.54) is 34.2 Å². The van der Waals surface area contributed by atoms with Crippen molar-refractivity contribution in [2.75, 3.05) is 37.6 Å². The maximum absolute atomic E-state index is 13.3. The van der Waals surface area contributed by atoms with E-state index in [1.54, 1.807) is 6.07 Å². The Bertz CT molecular complexity index is 1350. The fraction of sp³-hybridized carbons (Fsp3) is 0.259. The molecule has 3 heterocycles. The van der Waals surface area contributed by atoms with Crippen LogP contribution in [-0.2, 0) is 12.6 Å². The number of alkyl halides is 3. The number of hydrogen-bond acceptors (Lipinski definition) is 5. The zero-order valence-corrected chi connectivity index (χ0v) is 19.7. The first kappa shape index (κ1) is 24.5. The first-order chi connectivity index (χ1) is 17.7. The van der Waals surface area contributed by atoms with Crippen molar-refractivity contribution in [3.05, 3.63) is 94.8 Å². The van der Waals surface area contributed by atoms with E-state index in [0.717, 1.165) is 11.6 Å². The van der Waals surface area contributed by atoms with Crippen LogP contribution in [0.25, 0.3) is 0 Å². The van der Waals surface area contributed by atoms with Gasteiger partial charge in [-0.05, 0) is 30.2 Å². The summed E-state index contributed by atoms with van der Waals surface area (Å²) in [5, 5.41) is 0. The maximum atomic E-state index is 13.3. The average Bonchev–Trinajstić information content (AvgIpc) is 3.15. The predicted molar refractivity (Wildman–Crippen MR) is 129 cm³/mol. The van der Waals surface area contributed by atoms with Gasteiger partial charge in [0.1, 0.15) is 5.69 Å². The molecule has 0 N–H and O–H groups in total. The molecule has 10 heteroatoms. The molecule has 190 valence electrons. The van der Waals surface area contributed by atoms with Gasteiger partial charge in [0.15, 0.2) is 0 Å². The number of pyridine rings is 1. The van der Waals surface area contributed by atoms with Gasteiger partial charge >= 0.3 is 6.18 Å². The zero-order valence-electron chi connectivity index (χ0n) is 19.7. The fourth-order valence-electron chi connectivity index (χ4n) is 4.67. The lowest BCUT2D eigenvalue weighted by molar-refractivity contribution is -0.138. The molecule has 0 saturated carbocycles. The lowest BCUT2D eigenvalue weighted by atomic mass is 10.1. The summed E-state index contributed by atoms with van der Waals surface area (Å²) < 4.78 is 40.0. The molecule has 1 fully saturated rings. The van der Waals surface area contributed by atoms with Crippen LogP contribution in [0.5, 0.6) is 0 Å². The Balaban J connectivity index is 1.25. The highest BCUT2D eigenvalue weighted by Gasteiger charge is 2.38. The van der Waals surface area contributed by atoms with Gasteiger partial charge in [0.25, 0.3) is 17.7 Å². The van der Waals surface area contributed by atoms with Gasteiger partial charge in [-0.1, -0.05) is 42.5 Å². The van der Waals surface area contributed by atoms with E-state index in [1.807, 2.05) is 35.2 Å². The number of imide groups is 1. The number of carbonyl (C=O) groups is 3. The van der Waals surface area contributed by atoms with E-state index < -0.39 is 29.5 Å². The quantitative estimate of drug-likeness (QED) is 0.489. The smallest absolute Gasteiger partial charge is 0.367 e. The summed E-state index contributed by atoms with van der Waals surface area (Å²) in [5.41, 5.74) is 0.644. The van der Waals surface area contributed by atoms with Gasteiger partial charge < -0.3 is 9.80 Å². The number of amides is 3. The summed E-state index contributed by atoms with van der Waals surface area (Å²) in [6.07, 6.45) is -2.57. The van der Waals surface area contributed by atoms with E-state index in [4.69, 9.17) is 0 Å². The van der Waals surface area contributed by atoms with Crippen molar-refractivity contribution < 1.29 is 27.6 Å². The molecule has 2 aliphatic heterocycles. The standard InChI is InChI=1S/C27H23F3N4O3/c28-27(29,30)22-9-5-4-8-20(22)24(35)33-14-12-32(13-15-33)19-16-21-23(31-17-19)26(37)34(25(21)36)11-10-18-6-2-1-3-7-18/h1-9,16-17H,10-15H2. The van der Waals surface area contributed by atoms with Gasteiger partial charge in [0, 0.05) is 32.7 Å². The largest absolute Gasteiger partial charge is 0.417 e. The van der Waals surface area contributed by atoms with E-state index in [-0.39, 0.29) is 36.5 Å². The van der Waals surface area contributed by atoms with Crippen molar-refractivity contribution in [1.29, 1.82) is 0 Å². The van der Waals surface area contributed by atoms with Gasteiger partial charge in [0.05, 0.1) is 28.6 Å². The van der Waals surface area contributed by atoms with Crippen LogP contribution in [0.3, 0.4) is 0 Å². The molecular formula is C27H23F3N4O3. The number of hydrogen-bond donors (Lipinski definition) is 0. The second-order valence-corrected chi connectivity index (χ2v) is 8.91. The van der Waals surface area contributed by atoms with Gasteiger partial charge in [-0.2, -0.15) is 13.2 Å². The Morgan fingerprint density at radius 1 is 0.892 bits per heavy atom. The summed E-state index contributed by atoms with van der Waals surface area (Å²) in [6, 6.07) is 15.9. The number of piperazine rings is 1. The van der Waals surface area contributed by atoms with Crippen molar-refractivity contribution in [1.82, 2.24) is 14.8 Å². The fourth-order valence-corrected chi connectivity index (χ4v) is 4.67. The molecule has 2 aliphatic rings. The zero-order chi connectivity index (χ0) is 26.2. The molecule has 1 aromatic heterocycles. The van der Waals surface area contributed by atoms with Crippen LogP contribution in [0.2, 0.25) is 0 Å². The van der Waals surface area contributed by atoms with Crippen molar-refractivity contribution in [2.24, 2.45) is 0 Å². The summed E-state index contributed by atoms with van der Waals surface area (Å²) in [6.45, 7) is 1.35.